The average molecular weight is 299 g/mol. The molecule has 0 unspecified atom stereocenters. The van der Waals surface area contributed by atoms with Crippen molar-refractivity contribution >= 4 is 29.2 Å². The van der Waals surface area contributed by atoms with Crippen molar-refractivity contribution in [1.29, 1.82) is 0 Å². The van der Waals surface area contributed by atoms with E-state index in [2.05, 4.69) is 6.92 Å². The molecule has 1 N–H and O–H groups in total. The molecule has 1 aliphatic rings. The van der Waals surface area contributed by atoms with Gasteiger partial charge in [0.15, 0.2) is 0 Å². The third-order valence-corrected chi connectivity index (χ3v) is 4.60. The van der Waals surface area contributed by atoms with Crippen molar-refractivity contribution in [3.05, 3.63) is 45.5 Å². The summed E-state index contributed by atoms with van der Waals surface area (Å²) in [6.07, 6.45) is 3.43. The van der Waals surface area contributed by atoms with Gasteiger partial charge in [0, 0.05) is 11.0 Å². The number of carbonyl (C=O) groups is 1. The normalized spacial score (nSPS) is 26.9. The standard InChI is InChI=1S/C15H16Cl2O2/c1-9-3-5-11(14(18)19)15(2,8-9)10-4-6-12(16)13(17)7-10/h4-7,9H,3,8H2,1-2H3,(H,18,19)/t9-,15+/m0/s1. The highest BCUT2D eigenvalue weighted by molar-refractivity contribution is 6.42. The lowest BCUT2D eigenvalue weighted by Gasteiger charge is -2.37. The first-order valence-corrected chi connectivity index (χ1v) is 6.99. The molecule has 0 heterocycles. The second-order valence-corrected chi connectivity index (χ2v) is 6.24. The van der Waals surface area contributed by atoms with Gasteiger partial charge in [-0.2, -0.15) is 0 Å². The summed E-state index contributed by atoms with van der Waals surface area (Å²) in [7, 11) is 0. The Morgan fingerprint density at radius 2 is 2.05 bits per heavy atom. The molecule has 0 spiro atoms. The largest absolute Gasteiger partial charge is 0.478 e. The lowest BCUT2D eigenvalue weighted by atomic mass is 9.66. The van der Waals surface area contributed by atoms with Crippen LogP contribution in [0.2, 0.25) is 10.0 Å². The van der Waals surface area contributed by atoms with Gasteiger partial charge in [0.2, 0.25) is 0 Å². The van der Waals surface area contributed by atoms with Gasteiger partial charge >= 0.3 is 5.97 Å². The molecule has 0 amide bonds. The van der Waals surface area contributed by atoms with E-state index in [0.717, 1.165) is 18.4 Å². The van der Waals surface area contributed by atoms with Gasteiger partial charge in [-0.1, -0.05) is 49.2 Å². The van der Waals surface area contributed by atoms with Gasteiger partial charge in [-0.15, -0.1) is 0 Å². The summed E-state index contributed by atoms with van der Waals surface area (Å²) in [5, 5.41) is 10.4. The van der Waals surface area contributed by atoms with Crippen LogP contribution in [-0.4, -0.2) is 11.1 Å². The first kappa shape index (κ1) is 14.4. The Morgan fingerprint density at radius 3 is 2.63 bits per heavy atom. The van der Waals surface area contributed by atoms with E-state index in [4.69, 9.17) is 23.2 Å². The molecule has 2 atom stereocenters. The van der Waals surface area contributed by atoms with E-state index < -0.39 is 11.4 Å². The minimum Gasteiger partial charge on any atom is -0.478 e. The van der Waals surface area contributed by atoms with Gasteiger partial charge in [-0.05, 0) is 36.5 Å². The molecule has 1 aliphatic carbocycles. The van der Waals surface area contributed by atoms with E-state index in [1.54, 1.807) is 12.1 Å². The molecule has 0 aliphatic heterocycles. The molecule has 0 aromatic heterocycles. The molecule has 0 saturated carbocycles. The summed E-state index contributed by atoms with van der Waals surface area (Å²) < 4.78 is 0. The van der Waals surface area contributed by atoms with Crippen LogP contribution in [0.1, 0.15) is 32.3 Å². The Balaban J connectivity index is 2.54. The molecule has 0 bridgehead atoms. The van der Waals surface area contributed by atoms with Crippen molar-refractivity contribution in [2.45, 2.75) is 32.1 Å². The van der Waals surface area contributed by atoms with Gasteiger partial charge in [0.1, 0.15) is 0 Å². The number of benzene rings is 1. The van der Waals surface area contributed by atoms with Crippen LogP contribution >= 0.6 is 23.2 Å². The predicted molar refractivity (Wildman–Crippen MR) is 77.9 cm³/mol. The van der Waals surface area contributed by atoms with Crippen LogP contribution < -0.4 is 0 Å². The topological polar surface area (TPSA) is 37.3 Å². The van der Waals surface area contributed by atoms with Gasteiger partial charge in [0.25, 0.3) is 0 Å². The van der Waals surface area contributed by atoms with Crippen LogP contribution in [0.15, 0.2) is 29.8 Å². The van der Waals surface area contributed by atoms with Crippen LogP contribution in [0.25, 0.3) is 0 Å². The van der Waals surface area contributed by atoms with Gasteiger partial charge < -0.3 is 5.11 Å². The van der Waals surface area contributed by atoms with Crippen LogP contribution in [-0.2, 0) is 10.2 Å². The summed E-state index contributed by atoms with van der Waals surface area (Å²) in [6.45, 7) is 4.09. The third-order valence-electron chi connectivity index (χ3n) is 3.86. The Bertz CT molecular complexity index is 551. The smallest absolute Gasteiger partial charge is 0.332 e. The molecule has 19 heavy (non-hydrogen) atoms. The monoisotopic (exact) mass is 298 g/mol. The summed E-state index contributed by atoms with van der Waals surface area (Å²) in [5.74, 6) is -0.414. The summed E-state index contributed by atoms with van der Waals surface area (Å²) >= 11 is 12.0. The van der Waals surface area contributed by atoms with Crippen LogP contribution in [0.3, 0.4) is 0 Å². The van der Waals surface area contributed by atoms with Crippen molar-refractivity contribution in [2.75, 3.05) is 0 Å². The molecule has 1 aromatic rings. The number of allylic oxidation sites excluding steroid dienone is 1. The van der Waals surface area contributed by atoms with E-state index in [0.29, 0.717) is 21.5 Å². The second kappa shape index (κ2) is 5.18. The van der Waals surface area contributed by atoms with Crippen molar-refractivity contribution in [3.8, 4) is 0 Å². The molecule has 102 valence electrons. The van der Waals surface area contributed by atoms with E-state index in [1.807, 2.05) is 19.1 Å². The van der Waals surface area contributed by atoms with Crippen molar-refractivity contribution in [3.63, 3.8) is 0 Å². The Labute approximate surface area is 123 Å². The maximum Gasteiger partial charge on any atom is 0.332 e. The maximum absolute atomic E-state index is 11.5. The molecule has 2 nitrogen and oxygen atoms in total. The van der Waals surface area contributed by atoms with Crippen LogP contribution in [0, 0.1) is 5.92 Å². The highest BCUT2D eigenvalue weighted by Crippen LogP contribution is 2.43. The number of rotatable bonds is 2. The van der Waals surface area contributed by atoms with E-state index in [1.165, 1.54) is 0 Å². The fraction of sp³-hybridized carbons (Fsp3) is 0.400. The molecule has 4 heteroatoms. The van der Waals surface area contributed by atoms with E-state index in [-0.39, 0.29) is 0 Å². The zero-order chi connectivity index (χ0) is 14.2. The van der Waals surface area contributed by atoms with E-state index >= 15 is 0 Å². The second-order valence-electron chi connectivity index (χ2n) is 5.43. The van der Waals surface area contributed by atoms with Gasteiger partial charge in [-0.25, -0.2) is 4.79 Å². The number of hydrogen-bond donors (Lipinski definition) is 1. The quantitative estimate of drug-likeness (QED) is 0.860. The highest BCUT2D eigenvalue weighted by atomic mass is 35.5. The SMILES string of the molecule is C[C@H]1CC=C(C(=O)O)[C@@](C)(c2ccc(Cl)c(Cl)c2)C1. The summed E-state index contributed by atoms with van der Waals surface area (Å²) in [6, 6.07) is 5.37. The third kappa shape index (κ3) is 2.65. The van der Waals surface area contributed by atoms with Gasteiger partial charge in [-0.3, -0.25) is 0 Å². The fourth-order valence-corrected chi connectivity index (χ4v) is 3.17. The number of halogens is 2. The molecule has 0 saturated heterocycles. The molecular formula is C15H16Cl2O2. The van der Waals surface area contributed by atoms with Gasteiger partial charge in [0.05, 0.1) is 10.0 Å². The summed E-state index contributed by atoms with van der Waals surface area (Å²) in [5.41, 5.74) is 0.837. The number of carboxylic acids is 1. The molecule has 2 rings (SSSR count). The zero-order valence-electron chi connectivity index (χ0n) is 10.9. The number of aliphatic carboxylic acids is 1. The van der Waals surface area contributed by atoms with Crippen LogP contribution in [0.5, 0.6) is 0 Å². The lowest BCUT2D eigenvalue weighted by Crippen LogP contribution is -2.34. The minimum atomic E-state index is -0.861. The lowest BCUT2D eigenvalue weighted by molar-refractivity contribution is -0.133. The molecule has 0 fully saturated rings. The van der Waals surface area contributed by atoms with Crippen molar-refractivity contribution in [1.82, 2.24) is 0 Å². The van der Waals surface area contributed by atoms with Crippen LogP contribution in [0.4, 0.5) is 0 Å². The predicted octanol–water partition coefficient (Wildman–Crippen LogP) is 4.69. The minimum absolute atomic E-state index is 0.447. The Morgan fingerprint density at radius 1 is 1.37 bits per heavy atom. The fourth-order valence-electron chi connectivity index (χ4n) is 2.87. The van der Waals surface area contributed by atoms with Crippen molar-refractivity contribution in [2.24, 2.45) is 5.92 Å². The molecule has 1 aromatic carbocycles. The average Bonchev–Trinajstić information content (AvgIpc) is 2.31. The first-order chi connectivity index (χ1) is 8.84. The zero-order valence-corrected chi connectivity index (χ0v) is 12.4. The Kier molecular flexibility index (Phi) is 3.93. The van der Waals surface area contributed by atoms with E-state index in [9.17, 15) is 9.90 Å². The Hall–Kier alpha value is -0.990. The highest BCUT2D eigenvalue weighted by Gasteiger charge is 2.39. The number of hydrogen-bond acceptors (Lipinski definition) is 1. The first-order valence-electron chi connectivity index (χ1n) is 6.24. The maximum atomic E-state index is 11.5. The number of carboxylic acid groups (broad SMARTS) is 1. The molecule has 0 radical (unpaired) electrons. The van der Waals surface area contributed by atoms with Crippen molar-refractivity contribution < 1.29 is 9.90 Å². The summed E-state index contributed by atoms with van der Waals surface area (Å²) in [4.78, 5) is 11.5. The molecular weight excluding hydrogens is 283 g/mol.